The van der Waals surface area contributed by atoms with Crippen LogP contribution in [0.5, 0.6) is 5.75 Å². The number of Topliss-reactive ketones (excluding diaryl/α,β-unsaturated/α-hetero) is 1. The van der Waals surface area contributed by atoms with E-state index in [1.807, 2.05) is 0 Å². The molecule has 0 bridgehead atoms. The molecule has 1 N–H and O–H groups in total. The van der Waals surface area contributed by atoms with Crippen molar-refractivity contribution >= 4 is 23.4 Å². The summed E-state index contributed by atoms with van der Waals surface area (Å²) in [4.78, 5) is 14.9. The second-order valence-corrected chi connectivity index (χ2v) is 3.00. The number of methoxy groups -OCH3 is 1. The van der Waals surface area contributed by atoms with Gasteiger partial charge in [0.2, 0.25) is 0 Å². The van der Waals surface area contributed by atoms with Crippen molar-refractivity contribution in [3.63, 3.8) is 0 Å². The maximum Gasteiger partial charge on any atom is 0.183 e. The molecule has 84 valence electrons. The summed E-state index contributed by atoms with van der Waals surface area (Å²) in [5.41, 5.74) is 0.555. The van der Waals surface area contributed by atoms with Gasteiger partial charge in [-0.1, -0.05) is 5.16 Å². The monoisotopic (exact) mass is 220 g/mol. The lowest BCUT2D eigenvalue weighted by Crippen LogP contribution is -2.10. The molecule has 0 spiro atoms. The Hall–Kier alpha value is -2.17. The van der Waals surface area contributed by atoms with Crippen LogP contribution in [0.3, 0.4) is 0 Å². The molecule has 0 fully saturated rings. The molecule has 0 aromatic heterocycles. The molecule has 0 radical (unpaired) electrons. The number of rotatable bonds is 4. The Labute approximate surface area is 93.1 Å². The van der Waals surface area contributed by atoms with E-state index in [4.69, 9.17) is 9.94 Å². The molecular formula is C11H12N2O3. The number of benzene rings is 1. The van der Waals surface area contributed by atoms with Gasteiger partial charge in [0.25, 0.3) is 0 Å². The van der Waals surface area contributed by atoms with Gasteiger partial charge in [0.15, 0.2) is 11.5 Å². The highest BCUT2D eigenvalue weighted by Crippen LogP contribution is 2.16. The Morgan fingerprint density at radius 2 is 2.00 bits per heavy atom. The standard InChI is InChI=1S/C11H12N2O3/c1-8(14)11(13-15)7-12-9-3-5-10(16-2)6-4-9/h3-7,15H,1-2H3. The van der Waals surface area contributed by atoms with E-state index in [-0.39, 0.29) is 11.5 Å². The third-order valence-electron chi connectivity index (χ3n) is 1.88. The summed E-state index contributed by atoms with van der Waals surface area (Å²) < 4.78 is 4.98. The Bertz CT molecular complexity index is 421. The molecule has 1 aromatic rings. The molecule has 0 heterocycles. The van der Waals surface area contributed by atoms with Gasteiger partial charge >= 0.3 is 0 Å². The SMILES string of the molecule is COc1ccc(N=CC(=NO)C(C)=O)cc1. The van der Waals surface area contributed by atoms with Crippen LogP contribution in [-0.2, 0) is 4.79 Å². The number of ketones is 1. The molecule has 0 saturated heterocycles. The maximum absolute atomic E-state index is 10.9. The van der Waals surface area contributed by atoms with Crippen LogP contribution < -0.4 is 4.74 Å². The van der Waals surface area contributed by atoms with Crippen molar-refractivity contribution in [3.8, 4) is 5.75 Å². The number of aliphatic imine (C=N–C) groups is 1. The third kappa shape index (κ3) is 3.20. The number of hydrogen-bond donors (Lipinski definition) is 1. The summed E-state index contributed by atoms with van der Waals surface area (Å²) in [5, 5.41) is 11.3. The predicted molar refractivity (Wildman–Crippen MR) is 61.0 cm³/mol. The first-order chi connectivity index (χ1) is 7.67. The van der Waals surface area contributed by atoms with Crippen LogP contribution in [0.25, 0.3) is 0 Å². The fourth-order valence-corrected chi connectivity index (χ4v) is 0.991. The van der Waals surface area contributed by atoms with Crippen LogP contribution in [0.4, 0.5) is 5.69 Å². The van der Waals surface area contributed by atoms with Crippen molar-refractivity contribution < 1.29 is 14.7 Å². The third-order valence-corrected chi connectivity index (χ3v) is 1.88. The first kappa shape index (κ1) is 11.9. The van der Waals surface area contributed by atoms with Gasteiger partial charge in [-0.05, 0) is 24.3 Å². The largest absolute Gasteiger partial charge is 0.497 e. The zero-order valence-corrected chi connectivity index (χ0v) is 9.04. The first-order valence-electron chi connectivity index (χ1n) is 4.58. The molecule has 1 rings (SSSR count). The van der Waals surface area contributed by atoms with E-state index in [9.17, 15) is 4.79 Å². The number of oxime groups is 1. The minimum atomic E-state index is -0.347. The Morgan fingerprint density at radius 3 is 2.44 bits per heavy atom. The van der Waals surface area contributed by atoms with Crippen molar-refractivity contribution in [2.24, 2.45) is 10.1 Å². The number of nitrogens with zero attached hydrogens (tertiary/aromatic N) is 2. The summed E-state index contributed by atoms with van der Waals surface area (Å²) in [6, 6.07) is 6.95. The second-order valence-electron chi connectivity index (χ2n) is 3.00. The van der Waals surface area contributed by atoms with Gasteiger partial charge < -0.3 is 9.94 Å². The molecular weight excluding hydrogens is 208 g/mol. The molecule has 0 aliphatic rings. The van der Waals surface area contributed by atoms with Crippen LogP contribution >= 0.6 is 0 Å². The molecule has 1 aromatic carbocycles. The Kier molecular flexibility index (Phi) is 4.20. The topological polar surface area (TPSA) is 71.2 Å². The summed E-state index contributed by atoms with van der Waals surface area (Å²) in [6.07, 6.45) is 1.21. The van der Waals surface area contributed by atoms with Crippen LogP contribution in [0.2, 0.25) is 0 Å². The molecule has 0 amide bonds. The fourth-order valence-electron chi connectivity index (χ4n) is 0.991. The highest BCUT2D eigenvalue weighted by Gasteiger charge is 2.01. The van der Waals surface area contributed by atoms with Crippen LogP contribution in [0.1, 0.15) is 6.92 Å². The smallest absolute Gasteiger partial charge is 0.183 e. The van der Waals surface area contributed by atoms with E-state index in [2.05, 4.69) is 10.1 Å². The van der Waals surface area contributed by atoms with Gasteiger partial charge in [-0.2, -0.15) is 0 Å². The van der Waals surface area contributed by atoms with Gasteiger partial charge in [0.1, 0.15) is 5.75 Å². The first-order valence-corrected chi connectivity index (χ1v) is 4.58. The van der Waals surface area contributed by atoms with Crippen molar-refractivity contribution in [2.45, 2.75) is 6.92 Å². The van der Waals surface area contributed by atoms with E-state index in [0.717, 1.165) is 5.75 Å². The lowest BCUT2D eigenvalue weighted by atomic mass is 10.3. The summed E-state index contributed by atoms with van der Waals surface area (Å²) in [7, 11) is 1.57. The maximum atomic E-state index is 10.9. The van der Waals surface area contributed by atoms with Gasteiger partial charge in [-0.3, -0.25) is 9.79 Å². The number of carbonyl (C=O) groups is 1. The average Bonchev–Trinajstić information content (AvgIpc) is 2.30. The van der Waals surface area contributed by atoms with Gasteiger partial charge in [0, 0.05) is 6.92 Å². The van der Waals surface area contributed by atoms with E-state index in [1.165, 1.54) is 13.1 Å². The zero-order chi connectivity index (χ0) is 12.0. The average molecular weight is 220 g/mol. The normalized spacial score (nSPS) is 11.8. The summed E-state index contributed by atoms with van der Waals surface area (Å²) in [5.74, 6) is 0.376. The molecule has 5 nitrogen and oxygen atoms in total. The molecule has 16 heavy (non-hydrogen) atoms. The molecule has 0 aliphatic heterocycles. The number of ether oxygens (including phenoxy) is 1. The van der Waals surface area contributed by atoms with Crippen molar-refractivity contribution in [2.75, 3.05) is 7.11 Å². The van der Waals surface area contributed by atoms with Gasteiger partial charge in [-0.25, -0.2) is 0 Å². The molecule has 0 saturated carbocycles. The molecule has 0 atom stereocenters. The lowest BCUT2D eigenvalue weighted by molar-refractivity contribution is -0.111. The van der Waals surface area contributed by atoms with Crippen LogP contribution in [-0.4, -0.2) is 30.0 Å². The summed E-state index contributed by atoms with van der Waals surface area (Å²) >= 11 is 0. The highest BCUT2D eigenvalue weighted by molar-refractivity contribution is 6.60. The number of hydrogen-bond acceptors (Lipinski definition) is 5. The van der Waals surface area contributed by atoms with Crippen LogP contribution in [0.15, 0.2) is 34.4 Å². The highest BCUT2D eigenvalue weighted by atomic mass is 16.5. The predicted octanol–water partition coefficient (Wildman–Crippen LogP) is 1.82. The minimum Gasteiger partial charge on any atom is -0.497 e. The van der Waals surface area contributed by atoms with Crippen molar-refractivity contribution in [3.05, 3.63) is 24.3 Å². The molecule has 0 unspecified atom stereocenters. The van der Waals surface area contributed by atoms with Gasteiger partial charge in [-0.15, -0.1) is 0 Å². The van der Waals surface area contributed by atoms with Crippen LogP contribution in [0, 0.1) is 0 Å². The lowest BCUT2D eigenvalue weighted by Gasteiger charge is -1.98. The van der Waals surface area contributed by atoms with Crippen molar-refractivity contribution in [1.82, 2.24) is 0 Å². The van der Waals surface area contributed by atoms with E-state index in [1.54, 1.807) is 31.4 Å². The van der Waals surface area contributed by atoms with E-state index >= 15 is 0 Å². The second kappa shape index (κ2) is 5.65. The Balaban J connectivity index is 2.80. The number of carbonyl (C=O) groups excluding carboxylic acids is 1. The molecule has 0 aliphatic carbocycles. The quantitative estimate of drug-likeness (QED) is 0.478. The fraction of sp³-hybridized carbons (Fsp3) is 0.182. The summed E-state index contributed by atoms with van der Waals surface area (Å²) in [6.45, 7) is 1.30. The minimum absolute atomic E-state index is 0.0872. The van der Waals surface area contributed by atoms with Crippen molar-refractivity contribution in [1.29, 1.82) is 0 Å². The van der Waals surface area contributed by atoms with E-state index in [0.29, 0.717) is 5.69 Å². The van der Waals surface area contributed by atoms with Gasteiger partial charge in [0.05, 0.1) is 19.0 Å². The zero-order valence-electron chi connectivity index (χ0n) is 9.04. The van der Waals surface area contributed by atoms with E-state index < -0.39 is 0 Å². The Morgan fingerprint density at radius 1 is 1.38 bits per heavy atom. The molecule has 5 heteroatoms.